The highest BCUT2D eigenvalue weighted by Crippen LogP contribution is 2.18. The lowest BCUT2D eigenvalue weighted by Gasteiger charge is -2.17. The van der Waals surface area contributed by atoms with Gasteiger partial charge in [0.1, 0.15) is 12.4 Å². The van der Waals surface area contributed by atoms with Gasteiger partial charge in [0.05, 0.1) is 6.33 Å². The van der Waals surface area contributed by atoms with Gasteiger partial charge in [-0.05, 0) is 30.5 Å². The Labute approximate surface area is 166 Å². The minimum absolute atomic E-state index is 0.282. The molecule has 1 fully saturated rings. The van der Waals surface area contributed by atoms with E-state index in [1.165, 1.54) is 17.9 Å². The molecule has 0 bridgehead atoms. The Kier molecular flexibility index (Phi) is 4.91. The molecule has 10 nitrogen and oxygen atoms in total. The van der Waals surface area contributed by atoms with Gasteiger partial charge in [0.15, 0.2) is 11.2 Å². The first kappa shape index (κ1) is 18.9. The largest absolute Gasteiger partial charge is 0.357 e. The third kappa shape index (κ3) is 3.53. The quantitative estimate of drug-likeness (QED) is 0.636. The van der Waals surface area contributed by atoms with Crippen LogP contribution < -0.4 is 21.5 Å². The summed E-state index contributed by atoms with van der Waals surface area (Å²) >= 11 is 0. The highest BCUT2D eigenvalue weighted by molar-refractivity contribution is 5.76. The number of nitrogens with one attached hydrogen (secondary N) is 1. The number of imidazole rings is 1. The highest BCUT2D eigenvalue weighted by Gasteiger charge is 2.17. The third-order valence-corrected chi connectivity index (χ3v) is 5.23. The second-order valence-electron chi connectivity index (χ2n) is 7.25. The summed E-state index contributed by atoms with van der Waals surface area (Å²) in [6.07, 6.45) is 5.52. The van der Waals surface area contributed by atoms with Crippen molar-refractivity contribution >= 4 is 22.9 Å². The van der Waals surface area contributed by atoms with Crippen LogP contribution in [0.1, 0.15) is 18.4 Å². The Morgan fingerprint density at radius 2 is 1.93 bits per heavy atom. The molecule has 0 atom stereocenters. The van der Waals surface area contributed by atoms with E-state index in [4.69, 9.17) is 0 Å². The number of hydrogen-bond donors (Lipinski definition) is 1. The van der Waals surface area contributed by atoms with Crippen molar-refractivity contribution in [1.29, 1.82) is 0 Å². The van der Waals surface area contributed by atoms with Crippen LogP contribution in [0.15, 0.2) is 34.2 Å². The first-order valence-corrected chi connectivity index (χ1v) is 9.53. The second kappa shape index (κ2) is 7.53. The van der Waals surface area contributed by atoms with Crippen LogP contribution in [0.4, 0.5) is 5.82 Å². The monoisotopic (exact) mass is 397 g/mol. The van der Waals surface area contributed by atoms with Crippen molar-refractivity contribution in [3.63, 3.8) is 0 Å². The number of anilines is 1. The zero-order valence-electron chi connectivity index (χ0n) is 16.5. The normalized spacial score (nSPS) is 13.9. The van der Waals surface area contributed by atoms with Crippen LogP contribution in [0.25, 0.3) is 11.2 Å². The molecule has 3 aromatic rings. The fraction of sp³-hybridized carbons (Fsp3) is 0.421. The Morgan fingerprint density at radius 3 is 2.69 bits per heavy atom. The molecule has 0 spiro atoms. The van der Waals surface area contributed by atoms with Crippen molar-refractivity contribution in [2.24, 2.45) is 14.1 Å². The third-order valence-electron chi connectivity index (χ3n) is 5.23. The van der Waals surface area contributed by atoms with Gasteiger partial charge in [0, 0.05) is 39.9 Å². The Balaban J connectivity index is 1.50. The molecule has 29 heavy (non-hydrogen) atoms. The van der Waals surface area contributed by atoms with Crippen molar-refractivity contribution in [3.05, 3.63) is 51.1 Å². The van der Waals surface area contributed by atoms with E-state index in [-0.39, 0.29) is 12.1 Å². The van der Waals surface area contributed by atoms with Gasteiger partial charge in [-0.2, -0.15) is 0 Å². The molecule has 3 aromatic heterocycles. The zero-order valence-corrected chi connectivity index (χ0v) is 16.5. The van der Waals surface area contributed by atoms with Crippen LogP contribution >= 0.6 is 0 Å². The number of amides is 1. The standard InChI is InChI=1S/C19H23N7O3/c1-23-12-22-17-16(23)18(28)26(19(29)24(17)2)11-15(27)21-10-13-5-6-20-14(9-13)25-7-3-4-8-25/h5-6,9,12H,3-4,7-8,10-11H2,1-2H3,(H,21,27). The van der Waals surface area contributed by atoms with Gasteiger partial charge in [-0.15, -0.1) is 0 Å². The molecule has 4 heterocycles. The van der Waals surface area contributed by atoms with E-state index >= 15 is 0 Å². The summed E-state index contributed by atoms with van der Waals surface area (Å²) in [5.74, 6) is 0.492. The summed E-state index contributed by atoms with van der Waals surface area (Å²) in [5.41, 5.74) is 0.391. The lowest BCUT2D eigenvalue weighted by molar-refractivity contribution is -0.121. The van der Waals surface area contributed by atoms with Crippen LogP contribution in [0.5, 0.6) is 0 Å². The van der Waals surface area contributed by atoms with Gasteiger partial charge in [-0.25, -0.2) is 19.3 Å². The molecular weight excluding hydrogens is 374 g/mol. The van der Waals surface area contributed by atoms with Crippen molar-refractivity contribution in [2.45, 2.75) is 25.9 Å². The molecule has 1 saturated heterocycles. The molecule has 4 rings (SSSR count). The number of aryl methyl sites for hydroxylation is 2. The number of carbonyl (C=O) groups excluding carboxylic acids is 1. The second-order valence-corrected chi connectivity index (χ2v) is 7.25. The van der Waals surface area contributed by atoms with Crippen molar-refractivity contribution < 1.29 is 4.79 Å². The minimum Gasteiger partial charge on any atom is -0.357 e. The highest BCUT2D eigenvalue weighted by atomic mass is 16.2. The summed E-state index contributed by atoms with van der Waals surface area (Å²) in [6, 6.07) is 3.80. The maximum Gasteiger partial charge on any atom is 0.332 e. The van der Waals surface area contributed by atoms with Crippen molar-refractivity contribution in [1.82, 2.24) is 29.0 Å². The maximum atomic E-state index is 12.7. The predicted molar refractivity (Wildman–Crippen MR) is 108 cm³/mol. The zero-order chi connectivity index (χ0) is 20.5. The van der Waals surface area contributed by atoms with E-state index in [9.17, 15) is 14.4 Å². The fourth-order valence-corrected chi connectivity index (χ4v) is 3.63. The Bertz CT molecular complexity index is 1180. The molecule has 1 N–H and O–H groups in total. The van der Waals surface area contributed by atoms with Crippen LogP contribution in [0, 0.1) is 0 Å². The van der Waals surface area contributed by atoms with Gasteiger partial charge in [-0.3, -0.25) is 14.2 Å². The molecule has 1 aliphatic rings. The summed E-state index contributed by atoms with van der Waals surface area (Å²) in [6.45, 7) is 1.93. The average molecular weight is 397 g/mol. The minimum atomic E-state index is -0.573. The smallest absolute Gasteiger partial charge is 0.332 e. The van der Waals surface area contributed by atoms with Gasteiger partial charge in [0.2, 0.25) is 5.91 Å². The lowest BCUT2D eigenvalue weighted by atomic mass is 10.2. The molecule has 10 heteroatoms. The molecule has 1 amide bonds. The molecule has 0 unspecified atom stereocenters. The molecule has 0 radical (unpaired) electrons. The number of nitrogens with zero attached hydrogens (tertiary/aromatic N) is 6. The van der Waals surface area contributed by atoms with Gasteiger partial charge >= 0.3 is 5.69 Å². The number of fused-ring (bicyclic) bond motifs is 1. The molecule has 1 aliphatic heterocycles. The van der Waals surface area contributed by atoms with E-state index in [1.807, 2.05) is 12.1 Å². The maximum absolute atomic E-state index is 12.7. The fourth-order valence-electron chi connectivity index (χ4n) is 3.63. The van der Waals surface area contributed by atoms with Crippen molar-refractivity contribution in [3.8, 4) is 0 Å². The Morgan fingerprint density at radius 1 is 1.17 bits per heavy atom. The SMILES string of the molecule is Cn1cnc2c1c(=O)n(CC(=O)NCc1ccnc(N3CCCC3)c1)c(=O)n2C. The molecule has 0 saturated carbocycles. The van der Waals surface area contributed by atoms with Crippen LogP contribution in [-0.2, 0) is 32.0 Å². The number of pyridine rings is 1. The predicted octanol–water partition coefficient (Wildman–Crippen LogP) is -0.255. The Hall–Kier alpha value is -3.43. The lowest BCUT2D eigenvalue weighted by Crippen LogP contribution is -2.43. The van der Waals surface area contributed by atoms with Gasteiger partial charge in [-0.1, -0.05) is 0 Å². The number of rotatable bonds is 5. The van der Waals surface area contributed by atoms with Crippen LogP contribution in [-0.4, -0.2) is 42.7 Å². The number of hydrogen-bond acceptors (Lipinski definition) is 6. The molecular formula is C19H23N7O3. The first-order valence-electron chi connectivity index (χ1n) is 9.53. The summed E-state index contributed by atoms with van der Waals surface area (Å²) in [4.78, 5) is 48.3. The van der Waals surface area contributed by atoms with E-state index in [0.717, 1.165) is 41.9 Å². The van der Waals surface area contributed by atoms with Crippen LogP contribution in [0.3, 0.4) is 0 Å². The number of carbonyl (C=O) groups is 1. The van der Waals surface area contributed by atoms with E-state index in [2.05, 4.69) is 20.2 Å². The average Bonchev–Trinajstić information content (AvgIpc) is 3.38. The van der Waals surface area contributed by atoms with E-state index < -0.39 is 17.2 Å². The van der Waals surface area contributed by atoms with Crippen molar-refractivity contribution in [2.75, 3.05) is 18.0 Å². The molecule has 0 aliphatic carbocycles. The summed E-state index contributed by atoms with van der Waals surface area (Å²) in [5, 5.41) is 2.78. The topological polar surface area (TPSA) is 107 Å². The van der Waals surface area contributed by atoms with Gasteiger partial charge < -0.3 is 14.8 Å². The molecule has 152 valence electrons. The van der Waals surface area contributed by atoms with E-state index in [0.29, 0.717) is 12.2 Å². The first-order chi connectivity index (χ1) is 14.0. The molecule has 0 aromatic carbocycles. The van der Waals surface area contributed by atoms with E-state index in [1.54, 1.807) is 17.8 Å². The number of aromatic nitrogens is 5. The summed E-state index contributed by atoms with van der Waals surface area (Å²) in [7, 11) is 3.20. The van der Waals surface area contributed by atoms with Gasteiger partial charge in [0.25, 0.3) is 5.56 Å². The summed E-state index contributed by atoms with van der Waals surface area (Å²) < 4.78 is 3.75. The van der Waals surface area contributed by atoms with Crippen LogP contribution in [0.2, 0.25) is 0 Å².